The molecule has 0 aromatic rings. The van der Waals surface area contributed by atoms with Crippen LogP contribution >= 0.6 is 0 Å². The van der Waals surface area contributed by atoms with Gasteiger partial charge in [-0.25, -0.2) is 0 Å². The molecular weight excluding hydrogens is 903 g/mol. The van der Waals surface area contributed by atoms with E-state index in [9.17, 15) is 61.0 Å². The van der Waals surface area contributed by atoms with Crippen molar-refractivity contribution in [1.29, 1.82) is 0 Å². The molecule has 19 nitrogen and oxygen atoms in total. The van der Waals surface area contributed by atoms with Gasteiger partial charge in [0.15, 0.2) is 18.9 Å². The molecule has 19 heteroatoms. The molecule has 0 spiro atoms. The third kappa shape index (κ3) is 21.5. The van der Waals surface area contributed by atoms with Gasteiger partial charge < -0.3 is 89.9 Å². The summed E-state index contributed by atoms with van der Waals surface area (Å²) in [5, 5.41) is 119. The molecule has 3 fully saturated rings. The van der Waals surface area contributed by atoms with Crippen molar-refractivity contribution in [1.82, 2.24) is 5.32 Å². The van der Waals surface area contributed by atoms with Gasteiger partial charge in [0.2, 0.25) is 5.91 Å². The number of hydrogen-bond donors (Lipinski definition) is 12. The number of carbonyl (C=O) groups is 1. The van der Waals surface area contributed by atoms with Crippen molar-refractivity contribution in [3.8, 4) is 0 Å². The van der Waals surface area contributed by atoms with Crippen LogP contribution in [0.2, 0.25) is 0 Å². The third-order valence-electron chi connectivity index (χ3n) is 13.6. The van der Waals surface area contributed by atoms with Crippen LogP contribution in [-0.4, -0.2) is 193 Å². The first-order valence-corrected chi connectivity index (χ1v) is 26.4. The van der Waals surface area contributed by atoms with Crippen LogP contribution in [0.1, 0.15) is 168 Å². The normalized spacial score (nSPS) is 32.9. The number of allylic oxidation sites excluding steroid dienone is 1. The lowest BCUT2D eigenvalue weighted by atomic mass is 9.96. The van der Waals surface area contributed by atoms with E-state index in [1.54, 1.807) is 6.08 Å². The van der Waals surface area contributed by atoms with Crippen molar-refractivity contribution in [3.63, 3.8) is 0 Å². The Labute approximate surface area is 410 Å². The van der Waals surface area contributed by atoms with Crippen molar-refractivity contribution in [2.45, 2.75) is 272 Å². The predicted octanol–water partition coefficient (Wildman–Crippen LogP) is 2.26. The van der Waals surface area contributed by atoms with Gasteiger partial charge in [-0.3, -0.25) is 4.79 Å². The van der Waals surface area contributed by atoms with Crippen molar-refractivity contribution < 1.29 is 89.4 Å². The summed E-state index contributed by atoms with van der Waals surface area (Å²) < 4.78 is 33.9. The molecule has 17 unspecified atom stereocenters. The molecule has 406 valence electrons. The van der Waals surface area contributed by atoms with E-state index < -0.39 is 124 Å². The first-order chi connectivity index (χ1) is 33.3. The highest BCUT2D eigenvalue weighted by Gasteiger charge is 2.53. The first-order valence-electron chi connectivity index (χ1n) is 26.4. The Hall–Kier alpha value is -1.47. The fraction of sp³-hybridized carbons (Fsp3) is 0.940. The lowest BCUT2D eigenvalue weighted by Gasteiger charge is -2.48. The van der Waals surface area contributed by atoms with Crippen molar-refractivity contribution in [3.05, 3.63) is 12.2 Å². The second-order valence-electron chi connectivity index (χ2n) is 19.3. The van der Waals surface area contributed by atoms with E-state index in [0.29, 0.717) is 6.42 Å². The van der Waals surface area contributed by atoms with Crippen LogP contribution in [0.3, 0.4) is 0 Å². The minimum atomic E-state index is -1.97. The van der Waals surface area contributed by atoms with Crippen LogP contribution in [-0.2, 0) is 33.2 Å². The molecule has 0 bridgehead atoms. The molecule has 3 rings (SSSR count). The number of rotatable bonds is 37. The Balaban J connectivity index is 1.41. The number of hydrogen-bond acceptors (Lipinski definition) is 18. The average molecular weight is 996 g/mol. The van der Waals surface area contributed by atoms with E-state index in [0.717, 1.165) is 32.1 Å². The van der Waals surface area contributed by atoms with Gasteiger partial charge in [-0.2, -0.15) is 0 Å². The van der Waals surface area contributed by atoms with Gasteiger partial charge >= 0.3 is 0 Å². The Morgan fingerprint density at radius 3 is 1.35 bits per heavy atom. The fourth-order valence-electron chi connectivity index (χ4n) is 9.11. The number of aliphatic hydroxyl groups excluding tert-OH is 11. The first kappa shape index (κ1) is 61.8. The van der Waals surface area contributed by atoms with E-state index in [1.807, 2.05) is 13.0 Å². The summed E-state index contributed by atoms with van der Waals surface area (Å²) >= 11 is 0. The smallest absolute Gasteiger partial charge is 0.220 e. The van der Waals surface area contributed by atoms with Crippen LogP contribution in [0, 0.1) is 0 Å². The summed E-state index contributed by atoms with van der Waals surface area (Å²) in [7, 11) is 0. The highest BCUT2D eigenvalue weighted by molar-refractivity contribution is 5.76. The van der Waals surface area contributed by atoms with Gasteiger partial charge in [0, 0.05) is 6.42 Å². The van der Waals surface area contributed by atoms with E-state index >= 15 is 0 Å². The number of nitrogens with one attached hydrogen (secondary N) is 1. The molecule has 3 saturated heterocycles. The number of unbranched alkanes of at least 4 members (excludes halogenated alkanes) is 21. The topological polar surface area (TPSA) is 307 Å². The van der Waals surface area contributed by atoms with Crippen molar-refractivity contribution >= 4 is 5.91 Å². The summed E-state index contributed by atoms with van der Waals surface area (Å²) in [6.07, 6.45) is 5.17. The van der Waals surface area contributed by atoms with E-state index in [1.165, 1.54) is 109 Å². The largest absolute Gasteiger partial charge is 0.394 e. The molecule has 0 aliphatic carbocycles. The molecule has 12 N–H and O–H groups in total. The van der Waals surface area contributed by atoms with Crippen LogP contribution in [0.4, 0.5) is 0 Å². The van der Waals surface area contributed by atoms with E-state index in [4.69, 9.17) is 28.4 Å². The monoisotopic (exact) mass is 996 g/mol. The van der Waals surface area contributed by atoms with E-state index in [-0.39, 0.29) is 18.9 Å². The van der Waals surface area contributed by atoms with Crippen LogP contribution in [0.15, 0.2) is 12.2 Å². The molecule has 3 heterocycles. The number of amides is 1. The molecule has 3 aliphatic heterocycles. The number of ether oxygens (including phenoxy) is 6. The van der Waals surface area contributed by atoms with Crippen molar-refractivity contribution in [2.75, 3.05) is 26.4 Å². The molecule has 0 aromatic heterocycles. The Bertz CT molecular complexity index is 1330. The number of aliphatic hydroxyl groups is 11. The maximum Gasteiger partial charge on any atom is 0.220 e. The fourth-order valence-corrected chi connectivity index (χ4v) is 9.11. The SMILES string of the molecule is CCCCCCCCCCCCCCCCCCCCCC/C=C/C(O)C(COC1OC(CO)C(OC2OC(CO)C(OC3OC(CO)C(O)C(O)C3O)C(O)C2O)C(O)C1O)NC(=O)CCCC. The summed E-state index contributed by atoms with van der Waals surface area (Å²) in [6, 6.07) is -0.962. The quantitative estimate of drug-likeness (QED) is 0.0314. The van der Waals surface area contributed by atoms with Gasteiger partial charge in [0.1, 0.15) is 73.2 Å². The zero-order valence-electron chi connectivity index (χ0n) is 41.5. The second-order valence-corrected chi connectivity index (χ2v) is 19.3. The van der Waals surface area contributed by atoms with E-state index in [2.05, 4.69) is 12.2 Å². The van der Waals surface area contributed by atoms with Crippen LogP contribution < -0.4 is 5.32 Å². The predicted molar refractivity (Wildman–Crippen MR) is 254 cm³/mol. The lowest BCUT2D eigenvalue weighted by Crippen LogP contribution is -2.66. The molecule has 69 heavy (non-hydrogen) atoms. The molecular formula is C50H93NO18. The van der Waals surface area contributed by atoms with Gasteiger partial charge in [-0.15, -0.1) is 0 Å². The number of carbonyl (C=O) groups excluding carboxylic acids is 1. The summed E-state index contributed by atoms with van der Waals surface area (Å²) in [6.45, 7) is 1.44. The van der Waals surface area contributed by atoms with Gasteiger partial charge in [-0.05, 0) is 19.3 Å². The minimum absolute atomic E-state index is 0.219. The van der Waals surface area contributed by atoms with Gasteiger partial charge in [-0.1, -0.05) is 154 Å². The highest BCUT2D eigenvalue weighted by atomic mass is 16.8. The zero-order chi connectivity index (χ0) is 50.6. The molecule has 1 amide bonds. The molecule has 0 radical (unpaired) electrons. The Morgan fingerprint density at radius 2 is 0.899 bits per heavy atom. The molecule has 17 atom stereocenters. The highest BCUT2D eigenvalue weighted by Crippen LogP contribution is 2.33. The van der Waals surface area contributed by atoms with Crippen molar-refractivity contribution in [2.24, 2.45) is 0 Å². The zero-order valence-corrected chi connectivity index (χ0v) is 41.5. The Kier molecular flexibility index (Phi) is 31.9. The minimum Gasteiger partial charge on any atom is -0.394 e. The van der Waals surface area contributed by atoms with Crippen LogP contribution in [0.5, 0.6) is 0 Å². The van der Waals surface area contributed by atoms with Gasteiger partial charge in [0.05, 0.1) is 38.6 Å². The maximum absolute atomic E-state index is 12.8. The Morgan fingerprint density at radius 1 is 0.507 bits per heavy atom. The summed E-state index contributed by atoms with van der Waals surface area (Å²) in [5.41, 5.74) is 0. The summed E-state index contributed by atoms with van der Waals surface area (Å²) in [4.78, 5) is 12.8. The third-order valence-corrected chi connectivity index (χ3v) is 13.6. The molecule has 0 saturated carbocycles. The van der Waals surface area contributed by atoms with Crippen LogP contribution in [0.25, 0.3) is 0 Å². The maximum atomic E-state index is 12.8. The summed E-state index contributed by atoms with van der Waals surface area (Å²) in [5.74, 6) is -0.311. The average Bonchev–Trinajstić information content (AvgIpc) is 3.35. The second kappa shape index (κ2) is 35.6. The lowest BCUT2D eigenvalue weighted by molar-refractivity contribution is -0.379. The molecule has 3 aliphatic rings. The van der Waals surface area contributed by atoms with Gasteiger partial charge in [0.25, 0.3) is 0 Å². The standard InChI is InChI=1S/C50H93NO18/c1-3-5-7-8-9-10-11-12-13-14-15-16-17-18-19-20-21-22-23-24-25-26-27-34(55)33(51-38(56)28-6-4-2)32-64-48-44(62)41(59)46(36(30-53)66-48)69-50-45(63)42(60)47(37(31-54)67-50)68-49-43(61)40(58)39(57)35(29-52)65-49/h26-27,33-37,39-50,52-55,57-63H,3-25,28-32H2,1-2H3,(H,51,56)/b27-26+. The molecule has 0 aromatic carbocycles.